The first-order chi connectivity index (χ1) is 12.3. The Morgan fingerprint density at radius 2 is 1.85 bits per heavy atom. The number of hydrogen-bond donors (Lipinski definition) is 2. The minimum atomic E-state index is -1.12. The highest BCUT2D eigenvalue weighted by Gasteiger charge is 2.58. The number of nitrogens with one attached hydrogen (secondary N) is 1. The molecule has 4 rings (SSSR count). The maximum Gasteiger partial charge on any atom is 0.223 e. The van der Waals surface area contributed by atoms with Gasteiger partial charge >= 0.3 is 0 Å². The van der Waals surface area contributed by atoms with Gasteiger partial charge in [0.05, 0.1) is 11.1 Å². The summed E-state index contributed by atoms with van der Waals surface area (Å²) in [5.41, 5.74) is -0.712. The molecule has 2 N–H and O–H groups in total. The third-order valence-corrected chi connectivity index (χ3v) is 7.59. The highest BCUT2D eigenvalue weighted by molar-refractivity contribution is 6.42. The van der Waals surface area contributed by atoms with Crippen molar-refractivity contribution in [1.82, 2.24) is 5.32 Å². The Morgan fingerprint density at radius 1 is 1.19 bits per heavy atom. The molecule has 1 atom stereocenters. The normalized spacial score (nSPS) is 32.1. The third-order valence-electron chi connectivity index (χ3n) is 6.80. The van der Waals surface area contributed by atoms with E-state index in [4.69, 9.17) is 23.2 Å². The maximum absolute atomic E-state index is 14.9. The number of halogens is 3. The topological polar surface area (TPSA) is 49.3 Å². The summed E-state index contributed by atoms with van der Waals surface area (Å²) in [6, 6.07) is 2.92. The smallest absolute Gasteiger partial charge is 0.223 e. The second-order valence-corrected chi connectivity index (χ2v) is 9.23. The van der Waals surface area contributed by atoms with Gasteiger partial charge in [-0.1, -0.05) is 36.0 Å². The predicted molar refractivity (Wildman–Crippen MR) is 100 cm³/mol. The van der Waals surface area contributed by atoms with Crippen molar-refractivity contribution in [2.45, 2.75) is 69.5 Å². The van der Waals surface area contributed by atoms with E-state index >= 15 is 0 Å². The summed E-state index contributed by atoms with van der Waals surface area (Å²) in [6.45, 7) is 0. The van der Waals surface area contributed by atoms with Crippen molar-refractivity contribution < 1.29 is 14.3 Å². The summed E-state index contributed by atoms with van der Waals surface area (Å²) < 4.78 is 14.9. The van der Waals surface area contributed by atoms with Crippen molar-refractivity contribution in [3.8, 4) is 5.75 Å². The molecule has 142 valence electrons. The van der Waals surface area contributed by atoms with E-state index in [-0.39, 0.29) is 39.1 Å². The Labute approximate surface area is 163 Å². The van der Waals surface area contributed by atoms with Crippen molar-refractivity contribution in [1.29, 1.82) is 0 Å². The van der Waals surface area contributed by atoms with E-state index in [0.717, 1.165) is 44.1 Å². The number of phenols is 1. The average molecular weight is 400 g/mol. The van der Waals surface area contributed by atoms with E-state index in [0.29, 0.717) is 19.3 Å². The van der Waals surface area contributed by atoms with Gasteiger partial charge in [-0.05, 0) is 68.1 Å². The number of phenolic OH excluding ortho intramolecular Hbond substituents is 1. The van der Waals surface area contributed by atoms with Gasteiger partial charge in [0.2, 0.25) is 5.91 Å². The third kappa shape index (κ3) is 3.09. The van der Waals surface area contributed by atoms with Crippen LogP contribution in [-0.2, 0) is 4.79 Å². The molecular weight excluding hydrogens is 376 g/mol. The van der Waals surface area contributed by atoms with E-state index in [1.54, 1.807) is 12.1 Å². The van der Waals surface area contributed by atoms with Gasteiger partial charge in [-0.25, -0.2) is 4.39 Å². The summed E-state index contributed by atoms with van der Waals surface area (Å²) >= 11 is 12.2. The molecule has 6 heteroatoms. The molecule has 0 saturated heterocycles. The fourth-order valence-electron chi connectivity index (χ4n) is 5.37. The zero-order valence-electron chi connectivity index (χ0n) is 14.7. The van der Waals surface area contributed by atoms with Gasteiger partial charge in [0.25, 0.3) is 0 Å². The minimum absolute atomic E-state index is 0.0307. The number of alkyl halides is 1. The van der Waals surface area contributed by atoms with Gasteiger partial charge in [0, 0.05) is 5.92 Å². The molecule has 3 nitrogen and oxygen atoms in total. The highest BCUT2D eigenvalue weighted by atomic mass is 35.5. The molecule has 1 aromatic rings. The van der Waals surface area contributed by atoms with Gasteiger partial charge in [-0.3, -0.25) is 4.79 Å². The van der Waals surface area contributed by atoms with Crippen LogP contribution in [0.25, 0.3) is 0 Å². The predicted octanol–water partition coefficient (Wildman–Crippen LogP) is 5.72. The van der Waals surface area contributed by atoms with Crippen LogP contribution >= 0.6 is 23.2 Å². The Kier molecular flexibility index (Phi) is 4.63. The van der Waals surface area contributed by atoms with Crippen molar-refractivity contribution in [3.05, 3.63) is 27.7 Å². The zero-order valence-corrected chi connectivity index (χ0v) is 16.2. The fraction of sp³-hybridized carbons (Fsp3) is 0.650. The number of carbonyl (C=O) groups is 1. The Balaban J connectivity index is 1.69. The molecule has 2 bridgehead atoms. The Hall–Kier alpha value is -1.000. The van der Waals surface area contributed by atoms with E-state index < -0.39 is 5.67 Å². The average Bonchev–Trinajstić information content (AvgIpc) is 3.31. The van der Waals surface area contributed by atoms with Gasteiger partial charge in [0.15, 0.2) is 0 Å². The van der Waals surface area contributed by atoms with Crippen LogP contribution in [0.5, 0.6) is 5.75 Å². The quantitative estimate of drug-likeness (QED) is 0.679. The molecule has 3 saturated carbocycles. The maximum atomic E-state index is 14.9. The van der Waals surface area contributed by atoms with Crippen molar-refractivity contribution in [2.75, 3.05) is 0 Å². The standard InChI is InChI=1S/C20H24Cl2FNO2/c21-14-9-13(10-15(25)16(14)22)17(24-18(26)12-3-1-2-4-12)19-5-7-20(23,11-19)8-6-19/h9-10,12,17,25H,1-8,11H2,(H,24,26). The van der Waals surface area contributed by atoms with Crippen LogP contribution in [-0.4, -0.2) is 16.7 Å². The lowest BCUT2D eigenvalue weighted by atomic mass is 9.74. The van der Waals surface area contributed by atoms with Crippen molar-refractivity contribution in [2.24, 2.45) is 11.3 Å². The Morgan fingerprint density at radius 3 is 2.38 bits per heavy atom. The summed E-state index contributed by atoms with van der Waals surface area (Å²) in [5.74, 6) is -0.0351. The molecule has 0 heterocycles. The molecule has 0 spiro atoms. The van der Waals surface area contributed by atoms with Crippen LogP contribution in [0.4, 0.5) is 4.39 Å². The van der Waals surface area contributed by atoms with E-state index in [9.17, 15) is 14.3 Å². The molecular formula is C20H24Cl2FNO2. The summed E-state index contributed by atoms with van der Waals surface area (Å²) in [6.07, 6.45) is 6.98. The molecule has 0 radical (unpaired) electrons. The van der Waals surface area contributed by atoms with Crippen LogP contribution < -0.4 is 5.32 Å². The monoisotopic (exact) mass is 399 g/mol. The zero-order chi connectivity index (χ0) is 18.5. The number of amides is 1. The van der Waals surface area contributed by atoms with Crippen molar-refractivity contribution in [3.63, 3.8) is 0 Å². The van der Waals surface area contributed by atoms with E-state index in [2.05, 4.69) is 5.32 Å². The van der Waals surface area contributed by atoms with Crippen molar-refractivity contribution >= 4 is 29.1 Å². The summed E-state index contributed by atoms with van der Waals surface area (Å²) in [7, 11) is 0. The molecule has 3 fully saturated rings. The van der Waals surface area contributed by atoms with Gasteiger partial charge in [-0.15, -0.1) is 0 Å². The number of carbonyl (C=O) groups excluding carboxylic acids is 1. The molecule has 3 aliphatic rings. The molecule has 3 aliphatic carbocycles. The highest BCUT2D eigenvalue weighted by Crippen LogP contribution is 2.63. The van der Waals surface area contributed by atoms with Gasteiger partial charge in [0.1, 0.15) is 16.4 Å². The lowest BCUT2D eigenvalue weighted by Crippen LogP contribution is -2.41. The minimum Gasteiger partial charge on any atom is -0.506 e. The number of aromatic hydroxyl groups is 1. The summed E-state index contributed by atoms with van der Waals surface area (Å²) in [4.78, 5) is 12.8. The largest absolute Gasteiger partial charge is 0.506 e. The molecule has 1 amide bonds. The lowest BCUT2D eigenvalue weighted by molar-refractivity contribution is -0.126. The fourth-order valence-corrected chi connectivity index (χ4v) is 5.70. The first-order valence-electron chi connectivity index (χ1n) is 9.49. The second-order valence-electron chi connectivity index (χ2n) is 8.45. The van der Waals surface area contributed by atoms with Gasteiger partial charge < -0.3 is 10.4 Å². The van der Waals surface area contributed by atoms with Gasteiger partial charge in [-0.2, -0.15) is 0 Å². The number of benzene rings is 1. The number of hydrogen-bond acceptors (Lipinski definition) is 2. The first-order valence-corrected chi connectivity index (χ1v) is 10.2. The lowest BCUT2D eigenvalue weighted by Gasteiger charge is -2.37. The second kappa shape index (κ2) is 6.56. The molecule has 1 unspecified atom stereocenters. The molecule has 26 heavy (non-hydrogen) atoms. The van der Waals surface area contributed by atoms with Crippen LogP contribution in [0.15, 0.2) is 12.1 Å². The molecule has 0 aliphatic heterocycles. The number of fused-ring (bicyclic) bond motifs is 2. The first kappa shape index (κ1) is 18.4. The number of rotatable bonds is 4. The van der Waals surface area contributed by atoms with E-state index in [1.165, 1.54) is 0 Å². The van der Waals surface area contributed by atoms with Crippen LogP contribution in [0.1, 0.15) is 69.4 Å². The van der Waals surface area contributed by atoms with Crippen LogP contribution in [0, 0.1) is 11.3 Å². The summed E-state index contributed by atoms with van der Waals surface area (Å²) in [5, 5.41) is 13.7. The molecule has 1 aromatic carbocycles. The SMILES string of the molecule is O=C(NC(c1cc(O)c(Cl)c(Cl)c1)C12CCC(F)(CC1)C2)C1CCCC1. The van der Waals surface area contributed by atoms with Crippen LogP contribution in [0.3, 0.4) is 0 Å². The Bertz CT molecular complexity index is 702. The van der Waals surface area contributed by atoms with Crippen LogP contribution in [0.2, 0.25) is 10.0 Å². The molecule has 0 aromatic heterocycles. The van der Waals surface area contributed by atoms with E-state index in [1.807, 2.05) is 0 Å².